The van der Waals surface area contributed by atoms with Crippen LogP contribution in [0, 0.1) is 0 Å². The molecule has 2 N–H and O–H groups in total. The van der Waals surface area contributed by atoms with Gasteiger partial charge in [0.1, 0.15) is 11.3 Å². The second-order valence-corrected chi connectivity index (χ2v) is 6.74. The summed E-state index contributed by atoms with van der Waals surface area (Å²) in [6, 6.07) is 9.97. The lowest BCUT2D eigenvalue weighted by Gasteiger charge is -2.16. The number of hydrogen-bond acceptors (Lipinski definition) is 6. The van der Waals surface area contributed by atoms with E-state index in [2.05, 4.69) is 4.99 Å². The standard InChI is InChI=1S/C21H21N3O6/c1-23-19(27)15(20(28)24(2)21(23)29)11-22-16(10-18(25)26)13-8-9-17(30-3)14-7-5-4-6-12(13)14/h4-9,11,16,27H,10H2,1-3H3,(H,25,26). The minimum absolute atomic E-state index is 0.201. The first-order valence-corrected chi connectivity index (χ1v) is 9.05. The summed E-state index contributed by atoms with van der Waals surface area (Å²) in [5.74, 6) is -0.980. The van der Waals surface area contributed by atoms with Crippen molar-refractivity contribution in [2.45, 2.75) is 12.5 Å². The highest BCUT2D eigenvalue weighted by Gasteiger charge is 2.19. The van der Waals surface area contributed by atoms with Crippen LogP contribution in [0.5, 0.6) is 11.6 Å². The summed E-state index contributed by atoms with van der Waals surface area (Å²) in [6.45, 7) is 0. The molecule has 0 amide bonds. The number of aromatic hydroxyl groups is 1. The lowest BCUT2D eigenvalue weighted by Crippen LogP contribution is -2.38. The fraction of sp³-hybridized carbons (Fsp3) is 0.238. The number of carboxylic acid groups (broad SMARTS) is 1. The Labute approximate surface area is 171 Å². The molecular formula is C21H21N3O6. The second-order valence-electron chi connectivity index (χ2n) is 6.74. The molecule has 0 aliphatic carbocycles. The number of carboxylic acids is 1. The summed E-state index contributed by atoms with van der Waals surface area (Å²) in [4.78, 5) is 40.1. The van der Waals surface area contributed by atoms with Crippen molar-refractivity contribution >= 4 is 23.0 Å². The number of aliphatic carboxylic acids is 1. The number of ether oxygens (including phenoxy) is 1. The van der Waals surface area contributed by atoms with Crippen LogP contribution in [0.1, 0.15) is 23.6 Å². The van der Waals surface area contributed by atoms with Crippen molar-refractivity contribution in [2.24, 2.45) is 19.1 Å². The Kier molecular flexibility index (Phi) is 5.72. The first kappa shape index (κ1) is 20.8. The van der Waals surface area contributed by atoms with Crippen LogP contribution in [0.3, 0.4) is 0 Å². The number of fused-ring (bicyclic) bond motifs is 1. The van der Waals surface area contributed by atoms with E-state index in [0.717, 1.165) is 26.1 Å². The molecule has 0 saturated carbocycles. The molecule has 0 aliphatic heterocycles. The van der Waals surface area contributed by atoms with E-state index in [4.69, 9.17) is 4.74 Å². The summed E-state index contributed by atoms with van der Waals surface area (Å²) >= 11 is 0. The third kappa shape index (κ3) is 3.69. The number of aliphatic imine (C=N–C) groups is 1. The van der Waals surface area contributed by atoms with Gasteiger partial charge in [0.2, 0.25) is 5.88 Å². The largest absolute Gasteiger partial charge is 0.496 e. The molecule has 9 heteroatoms. The average Bonchev–Trinajstić information content (AvgIpc) is 2.74. The number of nitrogens with zero attached hydrogens (tertiary/aromatic N) is 3. The second kappa shape index (κ2) is 8.24. The quantitative estimate of drug-likeness (QED) is 0.594. The number of hydrogen-bond donors (Lipinski definition) is 2. The molecule has 0 aliphatic rings. The normalized spacial score (nSPS) is 12.4. The van der Waals surface area contributed by atoms with Gasteiger partial charge >= 0.3 is 11.7 Å². The van der Waals surface area contributed by atoms with Gasteiger partial charge in [0, 0.05) is 25.7 Å². The van der Waals surface area contributed by atoms with Gasteiger partial charge in [-0.25, -0.2) is 4.79 Å². The molecule has 1 unspecified atom stereocenters. The molecular weight excluding hydrogens is 390 g/mol. The van der Waals surface area contributed by atoms with Crippen LogP contribution in [0.15, 0.2) is 51.0 Å². The topological polar surface area (TPSA) is 123 Å². The van der Waals surface area contributed by atoms with Crippen molar-refractivity contribution in [3.63, 3.8) is 0 Å². The molecule has 0 bridgehead atoms. The lowest BCUT2D eigenvalue weighted by molar-refractivity contribution is -0.137. The van der Waals surface area contributed by atoms with E-state index in [-0.39, 0.29) is 12.0 Å². The van der Waals surface area contributed by atoms with E-state index in [1.165, 1.54) is 14.1 Å². The molecule has 0 fully saturated rings. The van der Waals surface area contributed by atoms with Crippen LogP contribution in [-0.4, -0.2) is 38.6 Å². The van der Waals surface area contributed by atoms with E-state index in [1.54, 1.807) is 19.2 Å². The van der Waals surface area contributed by atoms with Crippen molar-refractivity contribution in [2.75, 3.05) is 7.11 Å². The summed E-state index contributed by atoms with van der Waals surface area (Å²) in [6.07, 6.45) is 0.781. The van der Waals surface area contributed by atoms with Crippen molar-refractivity contribution in [3.05, 3.63) is 68.4 Å². The number of methoxy groups -OCH3 is 1. The molecule has 156 valence electrons. The van der Waals surface area contributed by atoms with Crippen molar-refractivity contribution in [3.8, 4) is 11.6 Å². The van der Waals surface area contributed by atoms with Crippen molar-refractivity contribution < 1.29 is 19.7 Å². The Bertz CT molecular complexity index is 1270. The molecule has 0 radical (unpaired) electrons. The Balaban J connectivity index is 2.17. The predicted octanol–water partition coefficient (Wildman–Crippen LogP) is 1.59. The van der Waals surface area contributed by atoms with Gasteiger partial charge in [-0.3, -0.25) is 23.7 Å². The molecule has 9 nitrogen and oxygen atoms in total. The summed E-state index contributed by atoms with van der Waals surface area (Å²) in [5.41, 5.74) is -0.982. The number of aromatic nitrogens is 2. The zero-order valence-electron chi connectivity index (χ0n) is 16.7. The molecule has 1 heterocycles. The van der Waals surface area contributed by atoms with Crippen LogP contribution in [0.4, 0.5) is 0 Å². The summed E-state index contributed by atoms with van der Waals surface area (Å²) < 4.78 is 7.14. The summed E-state index contributed by atoms with van der Waals surface area (Å²) in [5, 5.41) is 21.2. The fourth-order valence-corrected chi connectivity index (χ4v) is 3.31. The van der Waals surface area contributed by atoms with Crippen LogP contribution in [0.25, 0.3) is 10.8 Å². The van der Waals surface area contributed by atoms with E-state index in [1.807, 2.05) is 24.3 Å². The highest BCUT2D eigenvalue weighted by atomic mass is 16.5. The molecule has 1 atom stereocenters. The van der Waals surface area contributed by atoms with Gasteiger partial charge in [0.25, 0.3) is 5.56 Å². The molecule has 3 rings (SSSR count). The molecule has 30 heavy (non-hydrogen) atoms. The van der Waals surface area contributed by atoms with Gasteiger partial charge in [0.05, 0.1) is 19.6 Å². The summed E-state index contributed by atoms with van der Waals surface area (Å²) in [7, 11) is 4.15. The zero-order valence-corrected chi connectivity index (χ0v) is 16.7. The first-order chi connectivity index (χ1) is 14.3. The van der Waals surface area contributed by atoms with Gasteiger partial charge in [-0.2, -0.15) is 0 Å². The van der Waals surface area contributed by atoms with Gasteiger partial charge in [-0.1, -0.05) is 30.3 Å². The highest BCUT2D eigenvalue weighted by Crippen LogP contribution is 2.34. The van der Waals surface area contributed by atoms with Crippen LogP contribution in [-0.2, 0) is 18.9 Å². The highest BCUT2D eigenvalue weighted by molar-refractivity contribution is 5.92. The number of benzene rings is 2. The maximum absolute atomic E-state index is 12.4. The van der Waals surface area contributed by atoms with Gasteiger partial charge in [-0.15, -0.1) is 0 Å². The van der Waals surface area contributed by atoms with Crippen LogP contribution >= 0.6 is 0 Å². The van der Waals surface area contributed by atoms with E-state index in [9.17, 15) is 24.6 Å². The maximum atomic E-state index is 12.4. The third-order valence-corrected chi connectivity index (χ3v) is 4.92. The number of carbonyl (C=O) groups is 1. The SMILES string of the molecule is COc1ccc(C(CC(=O)O)N=Cc2c(O)n(C)c(=O)n(C)c2=O)c2ccccc12. The average molecular weight is 411 g/mol. The van der Waals surface area contributed by atoms with Gasteiger partial charge in [0.15, 0.2) is 0 Å². The Morgan fingerprint density at radius 1 is 1.13 bits per heavy atom. The molecule has 3 aromatic rings. The fourth-order valence-electron chi connectivity index (χ4n) is 3.31. The Morgan fingerprint density at radius 2 is 1.80 bits per heavy atom. The Morgan fingerprint density at radius 3 is 2.43 bits per heavy atom. The van der Waals surface area contributed by atoms with Crippen LogP contribution < -0.4 is 16.0 Å². The molecule has 1 aromatic heterocycles. The molecule has 0 spiro atoms. The predicted molar refractivity (Wildman–Crippen MR) is 112 cm³/mol. The van der Waals surface area contributed by atoms with Crippen LogP contribution in [0.2, 0.25) is 0 Å². The van der Waals surface area contributed by atoms with Gasteiger partial charge < -0.3 is 14.9 Å². The molecule has 0 saturated heterocycles. The zero-order chi connectivity index (χ0) is 22.0. The number of rotatable bonds is 6. The van der Waals surface area contributed by atoms with E-state index >= 15 is 0 Å². The molecule has 2 aromatic carbocycles. The maximum Gasteiger partial charge on any atom is 0.333 e. The lowest BCUT2D eigenvalue weighted by atomic mass is 9.96. The van der Waals surface area contributed by atoms with E-state index in [0.29, 0.717) is 11.3 Å². The Hall–Kier alpha value is -3.88. The van der Waals surface area contributed by atoms with E-state index < -0.39 is 29.1 Å². The monoisotopic (exact) mass is 411 g/mol. The minimum atomic E-state index is -1.07. The van der Waals surface area contributed by atoms with Crippen molar-refractivity contribution in [1.82, 2.24) is 9.13 Å². The smallest absolute Gasteiger partial charge is 0.333 e. The first-order valence-electron chi connectivity index (χ1n) is 9.05. The third-order valence-electron chi connectivity index (χ3n) is 4.92. The van der Waals surface area contributed by atoms with Crippen molar-refractivity contribution in [1.29, 1.82) is 0 Å². The minimum Gasteiger partial charge on any atom is -0.496 e. The van der Waals surface area contributed by atoms with Gasteiger partial charge in [-0.05, 0) is 17.0 Å².